The van der Waals surface area contributed by atoms with Gasteiger partial charge in [-0.3, -0.25) is 9.69 Å². The number of aliphatic carboxylic acids is 1. The second-order valence-corrected chi connectivity index (χ2v) is 6.00. The highest BCUT2D eigenvalue weighted by Crippen LogP contribution is 2.34. The van der Waals surface area contributed by atoms with Crippen LogP contribution in [0.1, 0.15) is 43.4 Å². The predicted octanol–water partition coefficient (Wildman–Crippen LogP) is 3.25. The van der Waals surface area contributed by atoms with Gasteiger partial charge in [-0.05, 0) is 45.2 Å². The van der Waals surface area contributed by atoms with E-state index in [0.29, 0.717) is 12.0 Å². The topological polar surface area (TPSA) is 49.8 Å². The summed E-state index contributed by atoms with van der Waals surface area (Å²) in [5.41, 5.74) is 2.45. The smallest absolute Gasteiger partial charge is 0.303 e. The lowest BCUT2D eigenvalue weighted by atomic mass is 10.0. The zero-order chi connectivity index (χ0) is 15.4. The Hall–Kier alpha value is -1.55. The lowest BCUT2D eigenvalue weighted by Crippen LogP contribution is -2.25. The molecule has 1 aromatic rings. The van der Waals surface area contributed by atoms with Crippen LogP contribution in [0.2, 0.25) is 0 Å². The quantitative estimate of drug-likeness (QED) is 0.874. The second kappa shape index (κ2) is 6.94. The highest BCUT2D eigenvalue weighted by molar-refractivity contribution is 5.66. The SMILES string of the molecule is COc1ccc(C)cc1C(C)N1CCC(CCC(=O)O)C1. The maximum Gasteiger partial charge on any atom is 0.303 e. The number of rotatable bonds is 6. The summed E-state index contributed by atoms with van der Waals surface area (Å²) < 4.78 is 5.48. The van der Waals surface area contributed by atoms with Crippen molar-refractivity contribution < 1.29 is 14.6 Å². The monoisotopic (exact) mass is 291 g/mol. The average Bonchev–Trinajstić information content (AvgIpc) is 2.93. The standard InChI is InChI=1S/C17H25NO3/c1-12-4-6-16(21-3)15(10-12)13(2)18-9-8-14(11-18)5-7-17(19)20/h4,6,10,13-14H,5,7-9,11H2,1-3H3,(H,19,20). The van der Waals surface area contributed by atoms with Gasteiger partial charge in [-0.15, -0.1) is 0 Å². The fourth-order valence-corrected chi connectivity index (χ4v) is 3.15. The Morgan fingerprint density at radius 2 is 2.29 bits per heavy atom. The Balaban J connectivity index is 2.02. The first-order valence-electron chi connectivity index (χ1n) is 7.61. The molecule has 0 aliphatic carbocycles. The minimum Gasteiger partial charge on any atom is -0.496 e. The van der Waals surface area contributed by atoms with Gasteiger partial charge >= 0.3 is 5.97 Å². The van der Waals surface area contributed by atoms with Crippen LogP contribution in [0.3, 0.4) is 0 Å². The van der Waals surface area contributed by atoms with E-state index < -0.39 is 5.97 Å². The van der Waals surface area contributed by atoms with Gasteiger partial charge in [-0.25, -0.2) is 0 Å². The Morgan fingerprint density at radius 3 is 2.95 bits per heavy atom. The van der Waals surface area contributed by atoms with E-state index in [1.165, 1.54) is 11.1 Å². The maximum atomic E-state index is 10.7. The van der Waals surface area contributed by atoms with Crippen molar-refractivity contribution in [3.8, 4) is 5.75 Å². The number of aryl methyl sites for hydroxylation is 1. The van der Waals surface area contributed by atoms with Crippen LogP contribution in [-0.2, 0) is 4.79 Å². The summed E-state index contributed by atoms with van der Waals surface area (Å²) in [4.78, 5) is 13.1. The van der Waals surface area contributed by atoms with Crippen molar-refractivity contribution in [3.05, 3.63) is 29.3 Å². The van der Waals surface area contributed by atoms with Gasteiger partial charge in [0.25, 0.3) is 0 Å². The van der Waals surface area contributed by atoms with E-state index in [2.05, 4.69) is 30.9 Å². The summed E-state index contributed by atoms with van der Waals surface area (Å²) in [6.07, 6.45) is 2.15. The van der Waals surface area contributed by atoms with Crippen LogP contribution in [0, 0.1) is 12.8 Å². The van der Waals surface area contributed by atoms with E-state index >= 15 is 0 Å². The van der Waals surface area contributed by atoms with Gasteiger partial charge < -0.3 is 9.84 Å². The van der Waals surface area contributed by atoms with Gasteiger partial charge in [0.1, 0.15) is 5.75 Å². The number of carboxylic acids is 1. The third-order valence-electron chi connectivity index (χ3n) is 4.47. The van der Waals surface area contributed by atoms with Crippen LogP contribution in [0.4, 0.5) is 0 Å². The summed E-state index contributed by atoms with van der Waals surface area (Å²) in [7, 11) is 1.71. The molecule has 1 aliphatic heterocycles. The molecule has 2 unspecified atom stereocenters. The second-order valence-electron chi connectivity index (χ2n) is 6.00. The Labute approximate surface area is 126 Å². The minimum absolute atomic E-state index is 0.278. The van der Waals surface area contributed by atoms with Gasteiger partial charge in [0.15, 0.2) is 0 Å². The number of ether oxygens (including phenoxy) is 1. The average molecular weight is 291 g/mol. The van der Waals surface area contributed by atoms with E-state index in [9.17, 15) is 4.79 Å². The van der Waals surface area contributed by atoms with Gasteiger partial charge in [0.2, 0.25) is 0 Å². The van der Waals surface area contributed by atoms with Crippen LogP contribution >= 0.6 is 0 Å². The number of carbonyl (C=O) groups is 1. The van der Waals surface area contributed by atoms with Crippen LogP contribution in [-0.4, -0.2) is 36.2 Å². The number of hydrogen-bond acceptors (Lipinski definition) is 3. The third-order valence-corrected chi connectivity index (χ3v) is 4.47. The van der Waals surface area contributed by atoms with E-state index in [1.54, 1.807) is 7.11 Å². The predicted molar refractivity (Wildman–Crippen MR) is 82.7 cm³/mol. The molecule has 0 saturated carbocycles. The highest BCUT2D eigenvalue weighted by atomic mass is 16.5. The molecule has 1 fully saturated rings. The van der Waals surface area contributed by atoms with Crippen molar-refractivity contribution >= 4 is 5.97 Å². The fraction of sp³-hybridized carbons (Fsp3) is 0.588. The van der Waals surface area contributed by atoms with Gasteiger partial charge in [0, 0.05) is 24.6 Å². The number of methoxy groups -OCH3 is 1. The Kier molecular flexibility index (Phi) is 5.23. The van der Waals surface area contributed by atoms with E-state index in [0.717, 1.165) is 31.7 Å². The normalized spacial score (nSPS) is 20.4. The van der Waals surface area contributed by atoms with Crippen molar-refractivity contribution in [1.82, 2.24) is 4.90 Å². The van der Waals surface area contributed by atoms with Crippen LogP contribution in [0.15, 0.2) is 18.2 Å². The number of carboxylic acid groups (broad SMARTS) is 1. The fourth-order valence-electron chi connectivity index (χ4n) is 3.15. The van der Waals surface area contributed by atoms with E-state index in [4.69, 9.17) is 9.84 Å². The van der Waals surface area contributed by atoms with Crippen molar-refractivity contribution in [2.24, 2.45) is 5.92 Å². The molecule has 1 saturated heterocycles. The lowest BCUT2D eigenvalue weighted by Gasteiger charge is -2.26. The zero-order valence-electron chi connectivity index (χ0n) is 13.1. The molecule has 21 heavy (non-hydrogen) atoms. The summed E-state index contributed by atoms with van der Waals surface area (Å²) in [6, 6.07) is 6.58. The first-order chi connectivity index (χ1) is 10.0. The molecule has 0 spiro atoms. The maximum absolute atomic E-state index is 10.7. The molecular formula is C17H25NO3. The van der Waals surface area contributed by atoms with Crippen molar-refractivity contribution in [3.63, 3.8) is 0 Å². The molecule has 116 valence electrons. The molecule has 4 heteroatoms. The van der Waals surface area contributed by atoms with E-state index in [-0.39, 0.29) is 6.42 Å². The Morgan fingerprint density at radius 1 is 1.52 bits per heavy atom. The van der Waals surface area contributed by atoms with Gasteiger partial charge in [0.05, 0.1) is 7.11 Å². The van der Waals surface area contributed by atoms with Gasteiger partial charge in [-0.2, -0.15) is 0 Å². The molecule has 0 amide bonds. The van der Waals surface area contributed by atoms with E-state index in [1.807, 2.05) is 6.07 Å². The molecule has 4 nitrogen and oxygen atoms in total. The molecule has 1 N–H and O–H groups in total. The first-order valence-corrected chi connectivity index (χ1v) is 7.61. The summed E-state index contributed by atoms with van der Waals surface area (Å²) >= 11 is 0. The molecule has 0 radical (unpaired) electrons. The molecule has 1 aromatic carbocycles. The van der Waals surface area contributed by atoms with Crippen molar-refractivity contribution in [2.45, 2.75) is 39.2 Å². The lowest BCUT2D eigenvalue weighted by molar-refractivity contribution is -0.137. The number of nitrogens with zero attached hydrogens (tertiary/aromatic N) is 1. The van der Waals surface area contributed by atoms with Gasteiger partial charge in [-0.1, -0.05) is 17.7 Å². The zero-order valence-corrected chi connectivity index (χ0v) is 13.1. The summed E-state index contributed by atoms with van der Waals surface area (Å²) in [6.45, 7) is 6.31. The third kappa shape index (κ3) is 3.97. The first kappa shape index (κ1) is 15.8. The molecule has 2 atom stereocenters. The van der Waals surface area contributed by atoms with Crippen LogP contribution < -0.4 is 4.74 Å². The van der Waals surface area contributed by atoms with Crippen molar-refractivity contribution in [2.75, 3.05) is 20.2 Å². The van der Waals surface area contributed by atoms with Crippen LogP contribution in [0.25, 0.3) is 0 Å². The minimum atomic E-state index is -0.693. The highest BCUT2D eigenvalue weighted by Gasteiger charge is 2.28. The molecule has 2 rings (SSSR count). The number of hydrogen-bond donors (Lipinski definition) is 1. The van der Waals surface area contributed by atoms with Crippen LogP contribution in [0.5, 0.6) is 5.75 Å². The summed E-state index contributed by atoms with van der Waals surface area (Å²) in [5, 5.41) is 8.80. The summed E-state index contributed by atoms with van der Waals surface area (Å²) in [5.74, 6) is 0.739. The van der Waals surface area contributed by atoms with Crippen molar-refractivity contribution in [1.29, 1.82) is 0 Å². The number of likely N-dealkylation sites (tertiary alicyclic amines) is 1. The number of benzene rings is 1. The molecule has 1 heterocycles. The molecule has 0 bridgehead atoms. The molecule has 0 aromatic heterocycles. The molecular weight excluding hydrogens is 266 g/mol. The largest absolute Gasteiger partial charge is 0.496 e. The molecule has 1 aliphatic rings. The Bertz CT molecular complexity index is 501.